The van der Waals surface area contributed by atoms with E-state index < -0.39 is 0 Å². The number of hydrogen-bond donors (Lipinski definition) is 0. The summed E-state index contributed by atoms with van der Waals surface area (Å²) in [5, 5.41) is 6.75. The highest BCUT2D eigenvalue weighted by Gasteiger charge is 2.58. The lowest BCUT2D eigenvalue weighted by Gasteiger charge is -2.49. The fraction of sp³-hybridized carbons (Fsp3) is 0.151. The molecule has 7 heteroatoms. The van der Waals surface area contributed by atoms with Gasteiger partial charge in [0, 0.05) is 43.6 Å². The number of para-hydroxylation sites is 6. The SMILES string of the molecule is CC12CCCCC1(C)N(c1nc(-c3ccccc3-n3c4ccccc4c4ccccc43)nc(-n3c4ccccc4c4c5oc6ccccc6c5ccc43)n1)c1ccccc12. The standard InChI is InChI=1S/C53H40N6O/c1-52-31-15-16-32-53(52,2)59(44-27-13-8-22-39(44)52)51-55-49(38-21-6-12-26-43(38)57-40-23-9-3-17-33(40)34-18-4-10-24-41(34)57)54-50(56-51)58-42-25-11-5-20-37(42)47-45(58)30-29-36-35-19-7-14-28-46(35)60-48(36)47/h3-14,17-30H,15-16,31-32H2,1-2H3. The maximum Gasteiger partial charge on any atom is 0.240 e. The second-order valence-corrected chi connectivity index (χ2v) is 17.1. The van der Waals surface area contributed by atoms with Gasteiger partial charge in [-0.05, 0) is 79.9 Å². The summed E-state index contributed by atoms with van der Waals surface area (Å²) in [7, 11) is 0. The molecule has 0 spiro atoms. The molecule has 0 N–H and O–H groups in total. The normalized spacial score (nSPS) is 19.0. The minimum Gasteiger partial charge on any atom is -0.455 e. The molecule has 2 aliphatic rings. The number of aromatic nitrogens is 5. The van der Waals surface area contributed by atoms with Crippen molar-refractivity contribution in [3.8, 4) is 23.0 Å². The summed E-state index contributed by atoms with van der Waals surface area (Å²) in [6, 6.07) is 56.1. The van der Waals surface area contributed by atoms with Crippen LogP contribution in [0.3, 0.4) is 0 Å². The molecule has 13 rings (SSSR count). The maximum absolute atomic E-state index is 6.69. The maximum atomic E-state index is 6.69. The lowest BCUT2D eigenvalue weighted by atomic mass is 9.61. The summed E-state index contributed by atoms with van der Waals surface area (Å²) in [6.07, 6.45) is 4.49. The first-order valence-electron chi connectivity index (χ1n) is 21.1. The molecule has 11 aromatic rings. The van der Waals surface area contributed by atoms with Gasteiger partial charge in [0.2, 0.25) is 11.9 Å². The van der Waals surface area contributed by atoms with E-state index in [9.17, 15) is 0 Å². The third-order valence-corrected chi connectivity index (χ3v) is 14.2. The molecule has 2 atom stereocenters. The smallest absolute Gasteiger partial charge is 0.240 e. The molecule has 288 valence electrons. The van der Waals surface area contributed by atoms with Gasteiger partial charge in [-0.1, -0.05) is 123 Å². The van der Waals surface area contributed by atoms with Crippen molar-refractivity contribution < 1.29 is 4.42 Å². The number of benzene rings is 7. The molecule has 7 nitrogen and oxygen atoms in total. The zero-order valence-corrected chi connectivity index (χ0v) is 33.4. The Morgan fingerprint density at radius 2 is 1.08 bits per heavy atom. The Labute approximate surface area is 346 Å². The van der Waals surface area contributed by atoms with E-state index in [1.165, 1.54) is 28.4 Å². The molecule has 0 saturated heterocycles. The van der Waals surface area contributed by atoms with Crippen molar-refractivity contribution in [3.05, 3.63) is 163 Å². The van der Waals surface area contributed by atoms with E-state index in [4.69, 9.17) is 19.4 Å². The second kappa shape index (κ2) is 12.1. The van der Waals surface area contributed by atoms with Crippen LogP contribution in [0, 0.1) is 0 Å². The minimum absolute atomic E-state index is 0.0740. The molecule has 1 fully saturated rings. The largest absolute Gasteiger partial charge is 0.455 e. The van der Waals surface area contributed by atoms with Crippen molar-refractivity contribution in [1.82, 2.24) is 24.1 Å². The van der Waals surface area contributed by atoms with Crippen molar-refractivity contribution in [2.24, 2.45) is 0 Å². The van der Waals surface area contributed by atoms with Crippen LogP contribution in [0.2, 0.25) is 0 Å². The summed E-state index contributed by atoms with van der Waals surface area (Å²) >= 11 is 0. The first kappa shape index (κ1) is 33.7. The van der Waals surface area contributed by atoms with Gasteiger partial charge in [0.1, 0.15) is 11.2 Å². The van der Waals surface area contributed by atoms with E-state index in [1.54, 1.807) is 0 Å². The molecular weight excluding hydrogens is 737 g/mol. The van der Waals surface area contributed by atoms with Gasteiger partial charge in [0.15, 0.2) is 5.82 Å². The van der Waals surface area contributed by atoms with Crippen LogP contribution in [0.1, 0.15) is 45.1 Å². The summed E-state index contributed by atoms with van der Waals surface area (Å²) in [4.78, 5) is 19.2. The Bertz CT molecular complexity index is 3520. The predicted molar refractivity (Wildman–Crippen MR) is 244 cm³/mol. The van der Waals surface area contributed by atoms with Crippen LogP contribution in [0.4, 0.5) is 11.6 Å². The van der Waals surface area contributed by atoms with Crippen molar-refractivity contribution in [2.75, 3.05) is 4.90 Å². The van der Waals surface area contributed by atoms with Crippen LogP contribution in [0.5, 0.6) is 0 Å². The van der Waals surface area contributed by atoms with Crippen LogP contribution in [-0.4, -0.2) is 29.6 Å². The van der Waals surface area contributed by atoms with E-state index >= 15 is 0 Å². The zero-order valence-electron chi connectivity index (χ0n) is 33.4. The quantitative estimate of drug-likeness (QED) is 0.178. The highest BCUT2D eigenvalue weighted by molar-refractivity contribution is 6.23. The predicted octanol–water partition coefficient (Wildman–Crippen LogP) is 13.4. The topological polar surface area (TPSA) is 64.9 Å². The first-order chi connectivity index (χ1) is 29.5. The number of rotatable bonds is 4. The van der Waals surface area contributed by atoms with Gasteiger partial charge in [-0.2, -0.15) is 15.0 Å². The van der Waals surface area contributed by atoms with Crippen LogP contribution in [0.25, 0.3) is 88.6 Å². The van der Waals surface area contributed by atoms with Gasteiger partial charge in [-0.15, -0.1) is 0 Å². The monoisotopic (exact) mass is 776 g/mol. The van der Waals surface area contributed by atoms with E-state index in [1.807, 2.05) is 12.1 Å². The van der Waals surface area contributed by atoms with Gasteiger partial charge >= 0.3 is 0 Å². The number of fused-ring (bicyclic) bond motifs is 13. The summed E-state index contributed by atoms with van der Waals surface area (Å²) in [6.45, 7) is 4.89. The number of nitrogens with zero attached hydrogens (tertiary/aromatic N) is 6. The fourth-order valence-corrected chi connectivity index (χ4v) is 11.2. The Kier molecular flexibility index (Phi) is 6.82. The lowest BCUT2D eigenvalue weighted by Crippen LogP contribution is -2.55. The average Bonchev–Trinajstić information content (AvgIpc) is 4.00. The molecule has 5 heterocycles. The third kappa shape index (κ3) is 4.36. The van der Waals surface area contributed by atoms with Crippen LogP contribution < -0.4 is 4.90 Å². The molecule has 0 bridgehead atoms. The minimum atomic E-state index is -0.252. The highest BCUT2D eigenvalue weighted by Crippen LogP contribution is 2.60. The van der Waals surface area contributed by atoms with Crippen molar-refractivity contribution in [3.63, 3.8) is 0 Å². The number of hydrogen-bond acceptors (Lipinski definition) is 5. The molecule has 4 aromatic heterocycles. The highest BCUT2D eigenvalue weighted by atomic mass is 16.3. The molecule has 1 saturated carbocycles. The van der Waals surface area contributed by atoms with Crippen LogP contribution >= 0.6 is 0 Å². The molecule has 1 aliphatic carbocycles. The second-order valence-electron chi connectivity index (χ2n) is 17.1. The molecule has 2 unspecified atom stereocenters. The molecular formula is C53H40N6O. The Balaban J connectivity index is 1.14. The Morgan fingerprint density at radius 3 is 1.87 bits per heavy atom. The van der Waals surface area contributed by atoms with Gasteiger partial charge in [0.25, 0.3) is 0 Å². The van der Waals surface area contributed by atoms with Gasteiger partial charge < -0.3 is 13.9 Å². The molecule has 0 radical (unpaired) electrons. The van der Waals surface area contributed by atoms with Crippen molar-refractivity contribution in [1.29, 1.82) is 0 Å². The molecule has 60 heavy (non-hydrogen) atoms. The zero-order chi connectivity index (χ0) is 39.7. The third-order valence-electron chi connectivity index (χ3n) is 14.2. The lowest BCUT2D eigenvalue weighted by molar-refractivity contribution is 0.193. The summed E-state index contributed by atoms with van der Waals surface area (Å²) in [5.74, 6) is 1.84. The van der Waals surface area contributed by atoms with E-state index in [2.05, 4.69) is 173 Å². The van der Waals surface area contributed by atoms with Gasteiger partial charge in [0.05, 0.1) is 38.7 Å². The van der Waals surface area contributed by atoms with E-state index in [0.29, 0.717) is 17.7 Å². The number of furan rings is 1. The van der Waals surface area contributed by atoms with Crippen molar-refractivity contribution >= 4 is 77.2 Å². The molecule has 1 aliphatic heterocycles. The summed E-state index contributed by atoms with van der Waals surface area (Å²) in [5.41, 5.74) is 10.2. The van der Waals surface area contributed by atoms with Crippen molar-refractivity contribution in [2.45, 2.75) is 50.5 Å². The molecule has 0 amide bonds. The fourth-order valence-electron chi connectivity index (χ4n) is 11.2. The Hall–Kier alpha value is -7.25. The van der Waals surface area contributed by atoms with Gasteiger partial charge in [-0.3, -0.25) is 4.57 Å². The average molecular weight is 777 g/mol. The van der Waals surface area contributed by atoms with Crippen LogP contribution in [-0.2, 0) is 5.41 Å². The van der Waals surface area contributed by atoms with E-state index in [0.717, 1.165) is 85.3 Å². The van der Waals surface area contributed by atoms with Crippen LogP contribution in [0.15, 0.2) is 162 Å². The van der Waals surface area contributed by atoms with E-state index in [-0.39, 0.29) is 11.0 Å². The first-order valence-corrected chi connectivity index (χ1v) is 21.1. The number of anilines is 2. The molecule has 7 aromatic carbocycles. The summed E-state index contributed by atoms with van der Waals surface area (Å²) < 4.78 is 11.3. The Morgan fingerprint density at radius 1 is 0.483 bits per heavy atom. The van der Waals surface area contributed by atoms with Gasteiger partial charge in [-0.25, -0.2) is 0 Å².